The molecule has 1 aromatic carbocycles. The van der Waals surface area contributed by atoms with E-state index in [1.807, 2.05) is 4.98 Å². The predicted molar refractivity (Wildman–Crippen MR) is 72.2 cm³/mol. The van der Waals surface area contributed by atoms with Gasteiger partial charge in [-0.25, -0.2) is 9.59 Å². The van der Waals surface area contributed by atoms with Gasteiger partial charge in [0.15, 0.2) is 0 Å². The molecule has 12 heteroatoms. The largest absolute Gasteiger partial charge is 0.412 e. The van der Waals surface area contributed by atoms with Gasteiger partial charge in [0.1, 0.15) is 0 Å². The van der Waals surface area contributed by atoms with Crippen molar-refractivity contribution in [2.24, 2.45) is 0 Å². The van der Waals surface area contributed by atoms with Gasteiger partial charge in [-0.3, -0.25) is 14.5 Å². The fourth-order valence-corrected chi connectivity index (χ4v) is 1.78. The number of anilines is 2. The van der Waals surface area contributed by atoms with Gasteiger partial charge in [0.05, 0.1) is 4.90 Å². The van der Waals surface area contributed by atoms with Gasteiger partial charge in [-0.05, 0) is 24.3 Å². The molecule has 21 heavy (non-hydrogen) atoms. The van der Waals surface area contributed by atoms with Crippen molar-refractivity contribution in [2.45, 2.75) is 4.90 Å². The zero-order chi connectivity index (χ0) is 14.0. The number of hydrogen-bond donors (Lipinski definition) is 4. The SMILES string of the molecule is O.O.O=c1nc(Nc2ccc(S(=O)(=O)O)cc2)[nH]c(=O)[nH]1. The molecule has 1 aromatic heterocycles. The minimum atomic E-state index is -4.26. The Balaban J connectivity index is 0.00000200. The van der Waals surface area contributed by atoms with E-state index >= 15 is 0 Å². The summed E-state index contributed by atoms with van der Waals surface area (Å²) in [6.07, 6.45) is 0. The molecule has 0 aliphatic heterocycles. The maximum atomic E-state index is 11.0. The molecule has 0 amide bonds. The van der Waals surface area contributed by atoms with Crippen molar-refractivity contribution in [3.8, 4) is 0 Å². The van der Waals surface area contributed by atoms with Crippen LogP contribution in [0, 0.1) is 0 Å². The molecule has 2 aromatic rings. The molecule has 11 nitrogen and oxygen atoms in total. The van der Waals surface area contributed by atoms with Crippen LogP contribution >= 0.6 is 0 Å². The van der Waals surface area contributed by atoms with E-state index < -0.39 is 21.5 Å². The first-order valence-electron chi connectivity index (χ1n) is 4.90. The standard InChI is InChI=1S/C9H8N4O5S.2H2O/c14-8-11-7(12-9(15)13-8)10-5-1-3-6(4-2-5)19(16,17)18;;/h1-4H,(H,16,17,18)(H3,10,11,12,13,14,15);2*1H2. The van der Waals surface area contributed by atoms with Crippen molar-refractivity contribution in [3.63, 3.8) is 0 Å². The zero-order valence-electron chi connectivity index (χ0n) is 10.2. The number of aromatic nitrogens is 3. The third-order valence-corrected chi connectivity index (χ3v) is 2.95. The summed E-state index contributed by atoms with van der Waals surface area (Å²) in [6, 6.07) is 4.99. The molecule has 0 saturated heterocycles. The highest BCUT2D eigenvalue weighted by atomic mass is 32.2. The van der Waals surface area contributed by atoms with Crippen LogP contribution in [0.4, 0.5) is 11.6 Å². The first kappa shape index (κ1) is 18.5. The molecule has 0 radical (unpaired) electrons. The van der Waals surface area contributed by atoms with Crippen LogP contribution in [0.25, 0.3) is 0 Å². The van der Waals surface area contributed by atoms with Crippen molar-refractivity contribution in [1.29, 1.82) is 0 Å². The van der Waals surface area contributed by atoms with E-state index in [9.17, 15) is 18.0 Å². The maximum Gasteiger partial charge on any atom is 0.352 e. The Hall–Kier alpha value is -2.54. The highest BCUT2D eigenvalue weighted by Gasteiger charge is 2.08. The first-order chi connectivity index (χ1) is 8.84. The quantitative estimate of drug-likeness (QED) is 0.458. The molecular weight excluding hydrogens is 308 g/mol. The first-order valence-corrected chi connectivity index (χ1v) is 6.34. The van der Waals surface area contributed by atoms with Gasteiger partial charge >= 0.3 is 11.4 Å². The van der Waals surface area contributed by atoms with Crippen LogP contribution in [0.2, 0.25) is 0 Å². The van der Waals surface area contributed by atoms with Gasteiger partial charge in [-0.15, -0.1) is 0 Å². The molecule has 8 N–H and O–H groups in total. The normalized spacial score (nSPS) is 10.1. The lowest BCUT2D eigenvalue weighted by Crippen LogP contribution is -2.25. The van der Waals surface area contributed by atoms with Crippen LogP contribution in [0.15, 0.2) is 38.8 Å². The van der Waals surface area contributed by atoms with Gasteiger partial charge in [0.2, 0.25) is 5.95 Å². The number of hydrogen-bond acceptors (Lipinski definition) is 6. The molecule has 0 spiro atoms. The predicted octanol–water partition coefficient (Wildman–Crippen LogP) is -2.20. The number of nitrogens with zero attached hydrogens (tertiary/aromatic N) is 1. The lowest BCUT2D eigenvalue weighted by molar-refractivity contribution is 0.483. The summed E-state index contributed by atoms with van der Waals surface area (Å²) in [7, 11) is -4.26. The minimum absolute atomic E-state index is 0. The van der Waals surface area contributed by atoms with E-state index in [1.54, 1.807) is 0 Å². The lowest BCUT2D eigenvalue weighted by atomic mass is 10.3. The van der Waals surface area contributed by atoms with Crippen LogP contribution in [-0.4, -0.2) is 38.9 Å². The van der Waals surface area contributed by atoms with Gasteiger partial charge in [0.25, 0.3) is 10.1 Å². The Morgan fingerprint density at radius 2 is 1.62 bits per heavy atom. The summed E-state index contributed by atoms with van der Waals surface area (Å²) in [4.78, 5) is 29.2. The molecule has 116 valence electrons. The van der Waals surface area contributed by atoms with Crippen LogP contribution in [0.3, 0.4) is 0 Å². The van der Waals surface area contributed by atoms with E-state index in [-0.39, 0.29) is 21.8 Å². The van der Waals surface area contributed by atoms with Crippen LogP contribution in [-0.2, 0) is 10.1 Å². The van der Waals surface area contributed by atoms with E-state index in [1.165, 1.54) is 12.1 Å². The van der Waals surface area contributed by atoms with Crippen molar-refractivity contribution in [3.05, 3.63) is 45.2 Å². The van der Waals surface area contributed by atoms with Gasteiger partial charge in [0, 0.05) is 5.69 Å². The van der Waals surface area contributed by atoms with Gasteiger partial charge in [-0.2, -0.15) is 13.4 Å². The molecule has 0 fully saturated rings. The maximum absolute atomic E-state index is 11.0. The monoisotopic (exact) mass is 320 g/mol. The Kier molecular flexibility index (Phi) is 5.94. The Bertz CT molecular complexity index is 781. The van der Waals surface area contributed by atoms with Crippen molar-refractivity contribution in [1.82, 2.24) is 15.0 Å². The van der Waals surface area contributed by atoms with Crippen LogP contribution < -0.4 is 16.7 Å². The van der Waals surface area contributed by atoms with E-state index in [0.717, 1.165) is 12.1 Å². The molecule has 1 heterocycles. The minimum Gasteiger partial charge on any atom is -0.412 e. The number of benzene rings is 1. The summed E-state index contributed by atoms with van der Waals surface area (Å²) in [5.74, 6) is -0.0895. The lowest BCUT2D eigenvalue weighted by Gasteiger charge is -2.04. The molecular formula is C9H12N4O7S. The number of nitrogens with one attached hydrogen (secondary N) is 3. The highest BCUT2D eigenvalue weighted by Crippen LogP contribution is 2.15. The third-order valence-electron chi connectivity index (χ3n) is 2.08. The summed E-state index contributed by atoms with van der Waals surface area (Å²) in [6.45, 7) is 0. The average Bonchev–Trinajstić information content (AvgIpc) is 2.26. The van der Waals surface area contributed by atoms with Gasteiger partial charge in [-0.1, -0.05) is 0 Å². The van der Waals surface area contributed by atoms with Crippen molar-refractivity contribution < 1.29 is 23.9 Å². The molecule has 0 atom stereocenters. The molecule has 0 unspecified atom stereocenters. The summed E-state index contributed by atoms with van der Waals surface area (Å²) < 4.78 is 30.4. The Labute approximate surface area is 117 Å². The fourth-order valence-electron chi connectivity index (χ4n) is 1.30. The third kappa shape index (κ3) is 4.81. The molecule has 0 aliphatic carbocycles. The van der Waals surface area contributed by atoms with Crippen molar-refractivity contribution >= 4 is 21.8 Å². The molecule has 0 aliphatic rings. The van der Waals surface area contributed by atoms with Crippen LogP contribution in [0.1, 0.15) is 0 Å². The highest BCUT2D eigenvalue weighted by molar-refractivity contribution is 7.85. The molecule has 0 saturated carbocycles. The fraction of sp³-hybridized carbons (Fsp3) is 0. The second kappa shape index (κ2) is 6.76. The second-order valence-corrected chi connectivity index (χ2v) is 4.89. The van der Waals surface area contributed by atoms with E-state index in [4.69, 9.17) is 4.55 Å². The Morgan fingerprint density at radius 1 is 1.05 bits per heavy atom. The molecule has 0 bridgehead atoms. The molecule has 2 rings (SSSR count). The number of rotatable bonds is 3. The number of H-pyrrole nitrogens is 2. The number of aromatic amines is 2. The second-order valence-electron chi connectivity index (χ2n) is 3.47. The topological polar surface area (TPSA) is 208 Å². The van der Waals surface area contributed by atoms with Crippen LogP contribution in [0.5, 0.6) is 0 Å². The zero-order valence-corrected chi connectivity index (χ0v) is 11.1. The van der Waals surface area contributed by atoms with Crippen molar-refractivity contribution in [2.75, 3.05) is 5.32 Å². The average molecular weight is 320 g/mol. The van der Waals surface area contributed by atoms with E-state index in [0.29, 0.717) is 5.69 Å². The summed E-state index contributed by atoms with van der Waals surface area (Å²) in [5.41, 5.74) is -1.17. The Morgan fingerprint density at radius 3 is 2.10 bits per heavy atom. The summed E-state index contributed by atoms with van der Waals surface area (Å²) in [5, 5.41) is 2.60. The van der Waals surface area contributed by atoms with Gasteiger partial charge < -0.3 is 16.3 Å². The smallest absolute Gasteiger partial charge is 0.352 e. The summed E-state index contributed by atoms with van der Waals surface area (Å²) >= 11 is 0. The van der Waals surface area contributed by atoms with E-state index in [2.05, 4.69) is 15.3 Å².